The number of hydrogen-bond donors (Lipinski definition) is 2. The van der Waals surface area contributed by atoms with Crippen LogP contribution >= 0.6 is 11.3 Å². The molecule has 0 saturated carbocycles. The molecule has 0 aliphatic carbocycles. The third-order valence-electron chi connectivity index (χ3n) is 5.05. The third-order valence-corrected chi connectivity index (χ3v) is 6.24. The third kappa shape index (κ3) is 6.47. The average Bonchev–Trinajstić information content (AvgIpc) is 3.16. The van der Waals surface area contributed by atoms with Crippen molar-refractivity contribution in [2.45, 2.75) is 39.8 Å². The van der Waals surface area contributed by atoms with Gasteiger partial charge < -0.3 is 20.1 Å². The first-order valence-electron chi connectivity index (χ1n) is 11.0. The number of nitrogens with one attached hydrogen (secondary N) is 2. The van der Waals surface area contributed by atoms with Gasteiger partial charge in [-0.1, -0.05) is 6.07 Å². The van der Waals surface area contributed by atoms with Crippen molar-refractivity contribution in [1.82, 2.24) is 14.9 Å². The van der Waals surface area contributed by atoms with E-state index in [4.69, 9.17) is 9.47 Å². The number of alkyl halides is 3. The van der Waals surface area contributed by atoms with E-state index in [2.05, 4.69) is 15.6 Å². The lowest BCUT2D eigenvalue weighted by Crippen LogP contribution is -2.35. The van der Waals surface area contributed by atoms with Gasteiger partial charge in [0.2, 0.25) is 5.91 Å². The van der Waals surface area contributed by atoms with Gasteiger partial charge in [0, 0.05) is 18.9 Å². The summed E-state index contributed by atoms with van der Waals surface area (Å²) in [5.41, 5.74) is -1.11. The van der Waals surface area contributed by atoms with Crippen LogP contribution in [0, 0.1) is 6.92 Å². The van der Waals surface area contributed by atoms with Crippen molar-refractivity contribution in [1.29, 1.82) is 0 Å². The van der Waals surface area contributed by atoms with Crippen LogP contribution in [-0.2, 0) is 27.0 Å². The molecular formula is C23H25F3N4O5S. The molecule has 3 aromatic rings. The first-order valence-corrected chi connectivity index (χ1v) is 11.8. The number of hydrogen-bond acceptors (Lipinski definition) is 7. The molecule has 194 valence electrons. The van der Waals surface area contributed by atoms with Crippen molar-refractivity contribution >= 4 is 39.1 Å². The molecule has 3 rings (SSSR count). The Bertz CT molecular complexity index is 1300. The number of ether oxygens (including phenoxy) is 2. The second-order valence-corrected chi connectivity index (χ2v) is 8.59. The normalized spacial score (nSPS) is 11.8. The van der Waals surface area contributed by atoms with Crippen molar-refractivity contribution in [3.05, 3.63) is 57.0 Å². The second-order valence-electron chi connectivity index (χ2n) is 7.59. The Kier molecular flexibility index (Phi) is 8.82. The first-order chi connectivity index (χ1) is 17.0. The summed E-state index contributed by atoms with van der Waals surface area (Å²) in [6.07, 6.45) is -4.00. The number of thiophene rings is 1. The number of anilines is 1. The average molecular weight is 527 g/mol. The molecule has 2 heterocycles. The molecule has 2 aromatic heterocycles. The molecule has 0 fully saturated rings. The summed E-state index contributed by atoms with van der Waals surface area (Å²) < 4.78 is 50.5. The number of aryl methyl sites for hydroxylation is 1. The quantitative estimate of drug-likeness (QED) is 0.391. The zero-order valence-corrected chi connectivity index (χ0v) is 20.6. The lowest BCUT2D eigenvalue weighted by Gasteiger charge is -2.17. The fraction of sp³-hybridized carbons (Fsp3) is 0.391. The maximum Gasteiger partial charge on any atom is 0.416 e. The highest BCUT2D eigenvalue weighted by atomic mass is 32.1. The molecular weight excluding hydrogens is 501 g/mol. The van der Waals surface area contributed by atoms with E-state index in [0.717, 1.165) is 34.4 Å². The van der Waals surface area contributed by atoms with Gasteiger partial charge in [-0.25, -0.2) is 4.98 Å². The van der Waals surface area contributed by atoms with Crippen molar-refractivity contribution in [2.24, 2.45) is 0 Å². The van der Waals surface area contributed by atoms with Crippen molar-refractivity contribution in [3.63, 3.8) is 0 Å². The Hall–Kier alpha value is -3.29. The van der Waals surface area contributed by atoms with E-state index < -0.39 is 41.9 Å². The van der Waals surface area contributed by atoms with Gasteiger partial charge in [0.15, 0.2) is 6.29 Å². The van der Waals surface area contributed by atoms with E-state index >= 15 is 0 Å². The lowest BCUT2D eigenvalue weighted by atomic mass is 10.2. The highest BCUT2D eigenvalue weighted by Crippen LogP contribution is 2.30. The van der Waals surface area contributed by atoms with Crippen LogP contribution in [0.25, 0.3) is 10.2 Å². The smallest absolute Gasteiger partial charge is 0.351 e. The van der Waals surface area contributed by atoms with Crippen LogP contribution in [0.1, 0.15) is 34.6 Å². The topological polar surface area (TPSA) is 112 Å². The Labute approximate surface area is 208 Å². The van der Waals surface area contributed by atoms with Crippen LogP contribution in [-0.4, -0.2) is 47.4 Å². The molecule has 2 N–H and O–H groups in total. The molecule has 0 atom stereocenters. The van der Waals surface area contributed by atoms with E-state index in [1.165, 1.54) is 12.1 Å². The van der Waals surface area contributed by atoms with Crippen LogP contribution < -0.4 is 16.2 Å². The zero-order valence-electron chi connectivity index (χ0n) is 19.8. The van der Waals surface area contributed by atoms with E-state index in [9.17, 15) is 27.6 Å². The summed E-state index contributed by atoms with van der Waals surface area (Å²) in [7, 11) is 0. The number of halogens is 3. The molecule has 0 aliphatic rings. The molecule has 0 spiro atoms. The molecule has 9 nitrogen and oxygen atoms in total. The number of rotatable bonds is 10. The van der Waals surface area contributed by atoms with E-state index in [0.29, 0.717) is 23.6 Å². The summed E-state index contributed by atoms with van der Waals surface area (Å²) in [5, 5.41) is 5.26. The van der Waals surface area contributed by atoms with Crippen LogP contribution in [0.2, 0.25) is 0 Å². The molecule has 13 heteroatoms. The maximum atomic E-state index is 13.0. The van der Waals surface area contributed by atoms with Gasteiger partial charge >= 0.3 is 6.18 Å². The number of fused-ring (bicyclic) bond motifs is 1. The Balaban J connectivity index is 1.76. The predicted molar refractivity (Wildman–Crippen MR) is 128 cm³/mol. The van der Waals surface area contributed by atoms with E-state index in [1.807, 2.05) is 0 Å². The predicted octanol–water partition coefficient (Wildman–Crippen LogP) is 3.55. The Morgan fingerprint density at radius 2 is 1.89 bits per heavy atom. The van der Waals surface area contributed by atoms with Gasteiger partial charge in [-0.3, -0.25) is 19.0 Å². The minimum Gasteiger partial charge on any atom is -0.351 e. The summed E-state index contributed by atoms with van der Waals surface area (Å²) in [4.78, 5) is 43.0. The highest BCUT2D eigenvalue weighted by molar-refractivity contribution is 7.20. The van der Waals surface area contributed by atoms with Gasteiger partial charge in [0.1, 0.15) is 11.4 Å². The minimum absolute atomic E-state index is 0.0556. The van der Waals surface area contributed by atoms with Gasteiger partial charge in [-0.2, -0.15) is 13.2 Å². The van der Waals surface area contributed by atoms with Crippen molar-refractivity contribution in [2.75, 3.05) is 25.1 Å². The van der Waals surface area contributed by atoms with Crippen LogP contribution in [0.15, 0.2) is 35.4 Å². The largest absolute Gasteiger partial charge is 0.416 e. The summed E-state index contributed by atoms with van der Waals surface area (Å²) in [6, 6.07) is 4.17. The number of carbonyl (C=O) groups excluding carboxylic acids is 2. The maximum absolute atomic E-state index is 13.0. The van der Waals surface area contributed by atoms with Crippen LogP contribution in [0.3, 0.4) is 0 Å². The monoisotopic (exact) mass is 526 g/mol. The highest BCUT2D eigenvalue weighted by Gasteiger charge is 2.30. The van der Waals surface area contributed by atoms with Crippen LogP contribution in [0.4, 0.5) is 18.9 Å². The molecule has 0 radical (unpaired) electrons. The first kappa shape index (κ1) is 27.3. The van der Waals surface area contributed by atoms with Gasteiger partial charge in [0.25, 0.3) is 11.5 Å². The van der Waals surface area contributed by atoms with E-state index in [-0.39, 0.29) is 22.5 Å². The van der Waals surface area contributed by atoms with E-state index in [1.54, 1.807) is 20.8 Å². The fourth-order valence-corrected chi connectivity index (χ4v) is 4.47. The standard InChI is InChI=1S/C23H25F3N4O5S/c1-4-34-17(35-5-2)10-27-20(32)19-13(3)18-21(36-19)28-12-30(22(18)33)11-16(31)29-15-8-6-7-14(9-15)23(24,25)26/h6-9,12,17H,4-5,10-11H2,1-3H3,(H,27,32)(H,29,31). The zero-order chi connectivity index (χ0) is 26.5. The fourth-order valence-electron chi connectivity index (χ4n) is 3.41. The summed E-state index contributed by atoms with van der Waals surface area (Å²) in [5.74, 6) is -1.13. The Morgan fingerprint density at radius 1 is 1.19 bits per heavy atom. The number of amides is 2. The number of aromatic nitrogens is 2. The number of benzene rings is 1. The minimum atomic E-state index is -4.56. The Morgan fingerprint density at radius 3 is 2.53 bits per heavy atom. The van der Waals surface area contributed by atoms with Gasteiger partial charge in [-0.15, -0.1) is 11.3 Å². The molecule has 0 unspecified atom stereocenters. The van der Waals surface area contributed by atoms with Crippen molar-refractivity contribution < 1.29 is 32.2 Å². The van der Waals surface area contributed by atoms with Crippen molar-refractivity contribution in [3.8, 4) is 0 Å². The lowest BCUT2D eigenvalue weighted by molar-refractivity contribution is -0.137. The SMILES string of the molecule is CCOC(CNC(=O)c1sc2ncn(CC(=O)Nc3cccc(C(F)(F)F)c3)c(=O)c2c1C)OCC. The molecule has 0 bridgehead atoms. The summed E-state index contributed by atoms with van der Waals surface area (Å²) >= 11 is 1.03. The molecule has 0 aliphatic heterocycles. The second kappa shape index (κ2) is 11.6. The number of carbonyl (C=O) groups is 2. The van der Waals surface area contributed by atoms with Gasteiger partial charge in [-0.05, 0) is 44.5 Å². The summed E-state index contributed by atoms with van der Waals surface area (Å²) in [6.45, 7) is 5.68. The van der Waals surface area contributed by atoms with Crippen LogP contribution in [0.5, 0.6) is 0 Å². The molecule has 2 amide bonds. The molecule has 1 aromatic carbocycles. The van der Waals surface area contributed by atoms with Gasteiger partial charge in [0.05, 0.1) is 28.7 Å². The molecule has 36 heavy (non-hydrogen) atoms. The molecule has 0 saturated heterocycles. The number of nitrogens with zero attached hydrogens (tertiary/aromatic N) is 2.